The van der Waals surface area contributed by atoms with Crippen LogP contribution in [0.5, 0.6) is 0 Å². The molecule has 0 heterocycles. The number of ether oxygens (including phenoxy) is 1. The maximum atomic E-state index is 9.82. The summed E-state index contributed by atoms with van der Waals surface area (Å²) in [4.78, 5) is 9.82. The molecule has 0 saturated carbocycles. The Hall–Kier alpha value is 0.535. The fourth-order valence-corrected chi connectivity index (χ4v) is 0.203. The predicted molar refractivity (Wildman–Crippen MR) is 33.6 cm³/mol. The minimum absolute atomic E-state index is 0. The number of carbonyl (C=O) groups is 1. The maximum Gasteiger partial charge on any atom is 1.00 e. The molecule has 0 atom stereocenters. The normalized spacial score (nSPS) is 5.75. The van der Waals surface area contributed by atoms with Gasteiger partial charge in [0.05, 0.1) is 6.61 Å². The Kier molecular flexibility index (Phi) is 20.8. The van der Waals surface area contributed by atoms with Crippen molar-refractivity contribution in [2.75, 3.05) is 6.61 Å². The summed E-state index contributed by atoms with van der Waals surface area (Å²) >= 11 is 0. The molecule has 0 aliphatic carbocycles. The summed E-state index contributed by atoms with van der Waals surface area (Å²) in [5.41, 5.74) is 0. The first-order valence-corrected chi connectivity index (χ1v) is 1.90. The minimum atomic E-state index is -0.211. The summed E-state index contributed by atoms with van der Waals surface area (Å²) in [6.07, 6.45) is 0. The Morgan fingerprint density at radius 2 is 2.00 bits per heavy atom. The molecule has 0 saturated heterocycles. The SMILES string of the molecule is CCOC(C)=O.[BH4-].[Na+]. The number of rotatable bonds is 1. The van der Waals surface area contributed by atoms with E-state index in [0.29, 0.717) is 6.61 Å². The van der Waals surface area contributed by atoms with Crippen molar-refractivity contribution in [2.45, 2.75) is 13.8 Å². The average Bonchev–Trinajstić information content (AvgIpc) is 1.35. The quantitative estimate of drug-likeness (QED) is 0.265. The summed E-state index contributed by atoms with van der Waals surface area (Å²) in [7, 11) is 0. The van der Waals surface area contributed by atoms with E-state index in [9.17, 15) is 4.79 Å². The second-order valence-electron chi connectivity index (χ2n) is 0.925. The van der Waals surface area contributed by atoms with Gasteiger partial charge in [0, 0.05) is 6.92 Å². The first-order valence-electron chi connectivity index (χ1n) is 1.90. The molecule has 0 aliphatic heterocycles. The Morgan fingerprint density at radius 3 is 2.00 bits per heavy atom. The Morgan fingerprint density at radius 1 is 1.62 bits per heavy atom. The van der Waals surface area contributed by atoms with Gasteiger partial charge < -0.3 is 4.74 Å². The number of esters is 1. The summed E-state index contributed by atoms with van der Waals surface area (Å²) in [6, 6.07) is 0. The molecular formula is C4H12BNaO2. The van der Waals surface area contributed by atoms with Crippen LogP contribution in [0.25, 0.3) is 0 Å². The van der Waals surface area contributed by atoms with Crippen molar-refractivity contribution in [3.63, 3.8) is 0 Å². The molecule has 0 bridgehead atoms. The monoisotopic (exact) mass is 126 g/mol. The zero-order valence-electron chi connectivity index (χ0n) is 5.02. The zero-order valence-corrected chi connectivity index (χ0v) is 7.02. The van der Waals surface area contributed by atoms with Crippen LogP contribution in [0.3, 0.4) is 0 Å². The van der Waals surface area contributed by atoms with Crippen molar-refractivity contribution < 1.29 is 39.1 Å². The summed E-state index contributed by atoms with van der Waals surface area (Å²) in [5.74, 6) is -0.211. The molecule has 8 heavy (non-hydrogen) atoms. The van der Waals surface area contributed by atoms with Crippen LogP contribution in [0.2, 0.25) is 0 Å². The molecule has 0 fully saturated rings. The second kappa shape index (κ2) is 10.5. The molecular weight excluding hydrogens is 114 g/mol. The zero-order chi connectivity index (χ0) is 4.99. The molecule has 4 heteroatoms. The van der Waals surface area contributed by atoms with Gasteiger partial charge in [-0.15, -0.1) is 0 Å². The van der Waals surface area contributed by atoms with Crippen molar-refractivity contribution in [1.82, 2.24) is 0 Å². The van der Waals surface area contributed by atoms with Gasteiger partial charge in [0.1, 0.15) is 0 Å². The van der Waals surface area contributed by atoms with Crippen LogP contribution in [0, 0.1) is 0 Å². The van der Waals surface area contributed by atoms with E-state index in [1.165, 1.54) is 6.92 Å². The molecule has 0 N–H and O–H groups in total. The van der Waals surface area contributed by atoms with Crippen molar-refractivity contribution in [3.05, 3.63) is 0 Å². The molecule has 0 aromatic heterocycles. The fourth-order valence-electron chi connectivity index (χ4n) is 0.203. The van der Waals surface area contributed by atoms with Gasteiger partial charge in [0.15, 0.2) is 0 Å². The van der Waals surface area contributed by atoms with Crippen LogP contribution in [-0.4, -0.2) is 21.0 Å². The van der Waals surface area contributed by atoms with Gasteiger partial charge in [-0.25, -0.2) is 0 Å². The predicted octanol–water partition coefficient (Wildman–Crippen LogP) is -3.88. The van der Waals surface area contributed by atoms with Crippen LogP contribution < -0.4 is 29.6 Å². The smallest absolute Gasteiger partial charge is 0.466 e. The molecule has 0 rings (SSSR count). The van der Waals surface area contributed by atoms with E-state index >= 15 is 0 Å². The first kappa shape index (κ1) is 15.8. The molecule has 0 spiro atoms. The molecule has 0 amide bonds. The molecule has 2 nitrogen and oxygen atoms in total. The number of hydrogen-bond acceptors (Lipinski definition) is 2. The molecule has 0 aromatic carbocycles. The third-order valence-corrected chi connectivity index (χ3v) is 0.348. The van der Waals surface area contributed by atoms with E-state index in [2.05, 4.69) is 4.74 Å². The van der Waals surface area contributed by atoms with Gasteiger partial charge in [-0.05, 0) is 6.92 Å². The minimum Gasteiger partial charge on any atom is -0.466 e. The number of hydrogen-bond donors (Lipinski definition) is 0. The van der Waals surface area contributed by atoms with E-state index in [4.69, 9.17) is 0 Å². The fraction of sp³-hybridized carbons (Fsp3) is 0.750. The summed E-state index contributed by atoms with van der Waals surface area (Å²) < 4.78 is 4.40. The molecule has 0 aliphatic rings. The van der Waals surface area contributed by atoms with Gasteiger partial charge in [0.25, 0.3) is 0 Å². The van der Waals surface area contributed by atoms with Gasteiger partial charge >= 0.3 is 35.5 Å². The third kappa shape index (κ3) is 16.0. The van der Waals surface area contributed by atoms with E-state index in [-0.39, 0.29) is 43.9 Å². The third-order valence-electron chi connectivity index (χ3n) is 0.348. The van der Waals surface area contributed by atoms with Gasteiger partial charge in [-0.2, -0.15) is 0 Å². The van der Waals surface area contributed by atoms with Crippen LogP contribution in [0.4, 0.5) is 0 Å². The van der Waals surface area contributed by atoms with Gasteiger partial charge in [-0.3, -0.25) is 4.79 Å². The van der Waals surface area contributed by atoms with Crippen LogP contribution in [0.1, 0.15) is 13.8 Å². The molecule has 0 aromatic rings. The van der Waals surface area contributed by atoms with E-state index in [0.717, 1.165) is 0 Å². The van der Waals surface area contributed by atoms with Crippen molar-refractivity contribution in [3.8, 4) is 0 Å². The van der Waals surface area contributed by atoms with Gasteiger partial charge in [0.2, 0.25) is 0 Å². The van der Waals surface area contributed by atoms with E-state index in [1.54, 1.807) is 6.92 Å². The Balaban J connectivity index is -0.000000125. The van der Waals surface area contributed by atoms with Crippen molar-refractivity contribution in [2.24, 2.45) is 0 Å². The number of carbonyl (C=O) groups excluding carboxylic acids is 1. The van der Waals surface area contributed by atoms with Crippen LogP contribution in [-0.2, 0) is 9.53 Å². The van der Waals surface area contributed by atoms with E-state index in [1.807, 2.05) is 0 Å². The van der Waals surface area contributed by atoms with Crippen LogP contribution in [0.15, 0.2) is 0 Å². The maximum absolute atomic E-state index is 9.82. The Bertz CT molecular complexity index is 58.0. The Labute approximate surface area is 73.8 Å². The standard InChI is InChI=1S/C4H8O2.BH4.Na/c1-3-6-4(2)5;;/h3H2,1-2H3;1H4;/q;-1;+1. The van der Waals surface area contributed by atoms with Crippen LogP contribution >= 0.6 is 0 Å². The first-order chi connectivity index (χ1) is 2.77. The average molecular weight is 126 g/mol. The molecule has 0 unspecified atom stereocenters. The summed E-state index contributed by atoms with van der Waals surface area (Å²) in [5, 5.41) is 0. The van der Waals surface area contributed by atoms with Crippen molar-refractivity contribution >= 4 is 14.4 Å². The molecule has 0 radical (unpaired) electrons. The van der Waals surface area contributed by atoms with E-state index < -0.39 is 0 Å². The largest absolute Gasteiger partial charge is 1.00 e. The topological polar surface area (TPSA) is 26.3 Å². The van der Waals surface area contributed by atoms with Gasteiger partial charge in [-0.1, -0.05) is 8.41 Å². The molecule has 44 valence electrons. The second-order valence-corrected chi connectivity index (χ2v) is 0.925. The van der Waals surface area contributed by atoms with Crippen molar-refractivity contribution in [1.29, 1.82) is 0 Å². The summed E-state index contributed by atoms with van der Waals surface area (Å²) in [6.45, 7) is 3.65.